The minimum atomic E-state index is -0.694. The molecule has 17 rings (SSSR count). The maximum absolute atomic E-state index is 4.77. The Balaban J connectivity index is 0.000000164. The molecule has 0 aliphatic heterocycles. The summed E-state index contributed by atoms with van der Waals surface area (Å²) in [5, 5.41) is 7.85. The summed E-state index contributed by atoms with van der Waals surface area (Å²) in [6.45, 7) is 34.4. The molecule has 3 radical (unpaired) electrons. The smallest absolute Gasteiger partial charge is 0.0541 e. The van der Waals surface area contributed by atoms with E-state index in [1.165, 1.54) is 177 Å². The van der Waals surface area contributed by atoms with Gasteiger partial charge in [0.05, 0.1) is 33.1 Å². The third-order valence-corrected chi connectivity index (χ3v) is 25.8. The maximum atomic E-state index is 4.77. The van der Waals surface area contributed by atoms with Gasteiger partial charge in [-0.1, -0.05) is 274 Å². The minimum absolute atomic E-state index is 0. The fourth-order valence-electron chi connectivity index (χ4n) is 16.7. The topological polar surface area (TPSA) is 53.5 Å². The summed E-state index contributed by atoms with van der Waals surface area (Å²) in [6.07, 6.45) is 14.9. The van der Waals surface area contributed by atoms with Crippen molar-refractivity contribution >= 4 is 83.0 Å². The molecule has 0 saturated carbocycles. The summed E-state index contributed by atoms with van der Waals surface area (Å²) in [5.74, 6) is 0.982. The Morgan fingerprint density at radius 2 is 0.658 bits per heavy atom. The second-order valence-electron chi connectivity index (χ2n) is 35.8. The van der Waals surface area contributed by atoms with Gasteiger partial charge in [-0.05, 0) is 176 Å². The molecule has 120 heavy (non-hydrogen) atoms. The number of unbranched alkanes of at least 4 members (excludes halogenated alkanes) is 5. The summed E-state index contributed by atoms with van der Waals surface area (Å²) in [6, 6.07) is 109. The zero-order valence-corrected chi connectivity index (χ0v) is 81.9. The largest absolute Gasteiger partial charge is 0.310 e. The summed E-state index contributed by atoms with van der Waals surface area (Å²) in [5.41, 5.74) is 31.3. The van der Waals surface area contributed by atoms with Crippen LogP contribution in [0.2, 0.25) is 26.2 Å². The van der Waals surface area contributed by atoms with Crippen LogP contribution in [0.5, 0.6) is 0 Å². The van der Waals surface area contributed by atoms with E-state index in [2.05, 4.69) is 395 Å². The Morgan fingerprint density at radius 3 is 1.00 bits per heavy atom. The standard InChI is InChI=1S/C39H31N2.C37H47N2Si2.C33H35N2.3Ir/c1-39(2,3)32-18-14-29(15-19-32)36-26-33(22-23-40-36)41-37-20-16-30(27-10-6-4-7-11-27)24-34(37)35-25-31(17-21-38(35)41)28-12-8-5-9-13-28;1-6-7-8-9-10-11-12-28-13-17-31(18-14-28)35-25-32(21-22-38-35)39-36-19-15-29(26-40(2)3)23-33(36)34-24-30(27-41(4)5)16-20-37(34)39;1-21(2)24-10-14-31-28(18-24)29-19-25(22(3)4)11-15-32(29)35(31)27-16-17-34-30(20-27)23-8-12-26(13-9-23)33(5,6)7;;;/h4-14,16-26H,1-3H3;13-17,19-25,40-41H,6-12,26-27H2,1-5H3;8,10-22H,1-7H3;;;/q3*-1;;;. The molecule has 11 heteroatoms. The predicted octanol–water partition coefficient (Wildman–Crippen LogP) is 29.1. The predicted molar refractivity (Wildman–Crippen MR) is 507 cm³/mol. The number of aryl methyl sites for hydroxylation is 1. The first-order chi connectivity index (χ1) is 56.5. The van der Waals surface area contributed by atoms with Gasteiger partial charge in [0.1, 0.15) is 0 Å². The number of aromatic nitrogens is 6. The van der Waals surface area contributed by atoms with Crippen molar-refractivity contribution in [3.05, 3.63) is 337 Å². The molecule has 0 aliphatic carbocycles. The molecule has 17 aromatic rings. The van der Waals surface area contributed by atoms with E-state index in [4.69, 9.17) is 15.0 Å². The van der Waals surface area contributed by atoms with Gasteiger partial charge >= 0.3 is 0 Å². The van der Waals surface area contributed by atoms with Gasteiger partial charge in [0.25, 0.3) is 0 Å². The molecule has 0 aliphatic rings. The Kier molecular flexibility index (Phi) is 29.7. The van der Waals surface area contributed by atoms with Gasteiger partial charge in [0, 0.05) is 146 Å². The van der Waals surface area contributed by atoms with Crippen LogP contribution in [-0.4, -0.2) is 46.2 Å². The van der Waals surface area contributed by atoms with Gasteiger partial charge in [-0.25, -0.2) is 0 Å². The number of fused-ring (bicyclic) bond motifs is 9. The third kappa shape index (κ3) is 20.4. The molecule has 0 N–H and O–H groups in total. The fraction of sp³-hybridized carbons (Fsp3) is 0.257. The monoisotopic (exact) mass is 2140 g/mol. The van der Waals surface area contributed by atoms with Gasteiger partial charge in [-0.3, -0.25) is 0 Å². The average Bonchev–Trinajstić information content (AvgIpc) is 1.60. The molecular formula is C109H113Ir3N6Si2-3. The number of rotatable bonds is 21. The third-order valence-electron chi connectivity index (χ3n) is 23.2. The minimum Gasteiger partial charge on any atom is -0.310 e. The fourth-order valence-corrected chi connectivity index (χ4v) is 19.1. The van der Waals surface area contributed by atoms with Gasteiger partial charge in [0.2, 0.25) is 0 Å². The van der Waals surface area contributed by atoms with Crippen molar-refractivity contribution in [1.29, 1.82) is 0 Å². The average molecular weight is 2140 g/mol. The molecule has 0 amide bonds. The first-order valence-electron chi connectivity index (χ1n) is 42.8. The van der Waals surface area contributed by atoms with E-state index in [9.17, 15) is 0 Å². The first kappa shape index (κ1) is 89.9. The summed E-state index contributed by atoms with van der Waals surface area (Å²) >= 11 is 0. The number of hydrogen-bond acceptors (Lipinski definition) is 3. The molecule has 6 heterocycles. The molecular weight excluding hydrogens is 2030 g/mol. The van der Waals surface area contributed by atoms with E-state index in [1.807, 2.05) is 18.6 Å². The quantitative estimate of drug-likeness (QED) is 0.0409. The normalized spacial score (nSPS) is 11.7. The second-order valence-corrected chi connectivity index (χ2v) is 42.2. The SMILES string of the molecule is CC(C)(C)c1c[c-]c(-c2cc(-n3c4ccc(-c5ccccc5)cc4c4cc(-c5ccccc5)ccc43)ccn2)cc1.CC(C)c1ccc2c(c1)c1cc(C(C)C)ccc1n2-c1ccnc(-c2[c-]cc(C(C)(C)C)cc2)c1.CCCCCCCCc1c[c-]c(-c2cc(-n3c4ccc(C[SiH](C)C)cc4c4cc(C[SiH](C)C)ccc43)ccn2)cc1.[Ir].[Ir].[Ir]. The Morgan fingerprint density at radius 1 is 0.325 bits per heavy atom. The summed E-state index contributed by atoms with van der Waals surface area (Å²) in [4.78, 5) is 14.2. The molecule has 0 bridgehead atoms. The van der Waals surface area contributed by atoms with Crippen molar-refractivity contribution in [2.45, 2.75) is 182 Å². The van der Waals surface area contributed by atoms with Crippen LogP contribution in [0.3, 0.4) is 0 Å². The van der Waals surface area contributed by atoms with Crippen LogP contribution in [0, 0.1) is 18.2 Å². The van der Waals surface area contributed by atoms with E-state index in [-0.39, 0.29) is 71.1 Å². The Hall–Kier alpha value is -9.35. The van der Waals surface area contributed by atoms with E-state index in [0.717, 1.165) is 57.3 Å². The summed E-state index contributed by atoms with van der Waals surface area (Å²) in [7, 11) is -1.39. The van der Waals surface area contributed by atoms with Crippen LogP contribution in [0.1, 0.15) is 165 Å². The molecule has 0 spiro atoms. The number of pyridine rings is 3. The molecule has 0 fully saturated rings. The number of benzene rings is 11. The van der Waals surface area contributed by atoms with E-state index in [1.54, 1.807) is 0 Å². The van der Waals surface area contributed by atoms with E-state index in [0.29, 0.717) is 11.8 Å². The number of hydrogen-bond donors (Lipinski definition) is 0. The number of nitrogens with zero attached hydrogens (tertiary/aromatic N) is 6. The van der Waals surface area contributed by atoms with E-state index < -0.39 is 17.6 Å². The Labute approximate surface area is 757 Å². The maximum Gasteiger partial charge on any atom is 0.0541 e. The van der Waals surface area contributed by atoms with Crippen molar-refractivity contribution < 1.29 is 60.3 Å². The molecule has 0 unspecified atom stereocenters. The second kappa shape index (κ2) is 39.7. The first-order valence-corrected chi connectivity index (χ1v) is 49.1. The van der Waals surface area contributed by atoms with Crippen molar-refractivity contribution in [2.75, 3.05) is 0 Å². The summed E-state index contributed by atoms with van der Waals surface area (Å²) < 4.78 is 7.19. The van der Waals surface area contributed by atoms with Gasteiger partial charge in [0.15, 0.2) is 0 Å². The van der Waals surface area contributed by atoms with Crippen LogP contribution in [0.4, 0.5) is 0 Å². The molecule has 617 valence electrons. The molecule has 11 aromatic carbocycles. The molecule has 6 nitrogen and oxygen atoms in total. The zero-order chi connectivity index (χ0) is 81.7. The molecule has 0 atom stereocenters. The zero-order valence-electron chi connectivity index (χ0n) is 72.4. The van der Waals surface area contributed by atoms with Crippen LogP contribution < -0.4 is 0 Å². The molecule has 6 aromatic heterocycles. The van der Waals surface area contributed by atoms with Crippen molar-refractivity contribution in [3.8, 4) is 73.1 Å². The van der Waals surface area contributed by atoms with Crippen molar-refractivity contribution in [3.63, 3.8) is 0 Å². The van der Waals surface area contributed by atoms with Crippen molar-refractivity contribution in [2.24, 2.45) is 0 Å². The molecule has 0 saturated heterocycles. The van der Waals surface area contributed by atoms with Crippen LogP contribution in [0.15, 0.2) is 279 Å². The van der Waals surface area contributed by atoms with Gasteiger partial charge in [-0.2, -0.15) is 0 Å². The van der Waals surface area contributed by atoms with Crippen LogP contribution in [-0.2, 0) is 89.7 Å². The Bertz CT molecular complexity index is 6100. The van der Waals surface area contributed by atoms with E-state index >= 15 is 0 Å². The van der Waals surface area contributed by atoms with Gasteiger partial charge < -0.3 is 28.7 Å². The van der Waals surface area contributed by atoms with Crippen LogP contribution >= 0.6 is 0 Å². The van der Waals surface area contributed by atoms with Crippen molar-refractivity contribution in [1.82, 2.24) is 28.7 Å². The van der Waals surface area contributed by atoms with Crippen LogP contribution in [0.25, 0.3) is 139 Å². The van der Waals surface area contributed by atoms with Gasteiger partial charge in [-0.15, -0.1) is 106 Å².